The number of Topliss-reactive ketones (excluding diaryl/α,β-unsaturated/α-hetero) is 1. The first-order valence-electron chi connectivity index (χ1n) is 10.6. The predicted molar refractivity (Wildman–Crippen MR) is 121 cm³/mol. The molecule has 0 heterocycles. The molecule has 0 fully saturated rings. The lowest BCUT2D eigenvalue weighted by molar-refractivity contribution is 0.0500. The van der Waals surface area contributed by atoms with E-state index in [1.165, 1.54) is 0 Å². The number of benzene rings is 3. The molecule has 0 aromatic heterocycles. The summed E-state index contributed by atoms with van der Waals surface area (Å²) in [7, 11) is 0. The molecule has 0 aliphatic rings. The SMILES string of the molecule is CC(C)C(=O)c1ccc(OCc2ccccc2)c(CCCOC(=O)c2ccccc2)c1. The highest BCUT2D eigenvalue weighted by molar-refractivity contribution is 5.97. The number of esters is 1. The summed E-state index contributed by atoms with van der Waals surface area (Å²) in [6.45, 7) is 4.54. The van der Waals surface area contributed by atoms with E-state index in [0.717, 1.165) is 16.9 Å². The Bertz CT molecular complexity index is 994. The van der Waals surface area contributed by atoms with Crippen LogP contribution in [0, 0.1) is 5.92 Å². The van der Waals surface area contributed by atoms with Gasteiger partial charge in [-0.3, -0.25) is 4.79 Å². The van der Waals surface area contributed by atoms with Crippen LogP contribution in [0.1, 0.15) is 52.1 Å². The summed E-state index contributed by atoms with van der Waals surface area (Å²) < 4.78 is 11.4. The lowest BCUT2D eigenvalue weighted by atomic mass is 9.97. The summed E-state index contributed by atoms with van der Waals surface area (Å²) in [5.74, 6) is 0.450. The Hall–Kier alpha value is -3.40. The van der Waals surface area contributed by atoms with Gasteiger partial charge in [0.1, 0.15) is 12.4 Å². The fourth-order valence-electron chi connectivity index (χ4n) is 3.22. The lowest BCUT2D eigenvalue weighted by Gasteiger charge is -2.14. The van der Waals surface area contributed by atoms with Crippen molar-refractivity contribution in [1.29, 1.82) is 0 Å². The van der Waals surface area contributed by atoms with Crippen LogP contribution < -0.4 is 4.74 Å². The van der Waals surface area contributed by atoms with Crippen LogP contribution in [0.15, 0.2) is 78.9 Å². The second-order valence-corrected chi connectivity index (χ2v) is 7.72. The third-order valence-corrected chi connectivity index (χ3v) is 4.94. The molecule has 0 bridgehead atoms. The molecule has 31 heavy (non-hydrogen) atoms. The molecule has 3 aromatic carbocycles. The summed E-state index contributed by atoms with van der Waals surface area (Å²) in [5, 5.41) is 0. The number of hydrogen-bond acceptors (Lipinski definition) is 4. The zero-order valence-electron chi connectivity index (χ0n) is 18.0. The Kier molecular flexibility index (Phi) is 7.99. The van der Waals surface area contributed by atoms with Crippen molar-refractivity contribution >= 4 is 11.8 Å². The van der Waals surface area contributed by atoms with Gasteiger partial charge in [-0.25, -0.2) is 4.79 Å². The topological polar surface area (TPSA) is 52.6 Å². The molecular weight excluding hydrogens is 388 g/mol. The minimum atomic E-state index is -0.329. The molecule has 4 nitrogen and oxygen atoms in total. The second-order valence-electron chi connectivity index (χ2n) is 7.72. The minimum absolute atomic E-state index is 0.0734. The van der Waals surface area contributed by atoms with E-state index in [1.807, 2.05) is 80.6 Å². The molecule has 0 radical (unpaired) electrons. The summed E-state index contributed by atoms with van der Waals surface area (Å²) in [4.78, 5) is 24.6. The fourth-order valence-corrected chi connectivity index (χ4v) is 3.22. The smallest absolute Gasteiger partial charge is 0.338 e. The normalized spacial score (nSPS) is 10.7. The first-order valence-corrected chi connectivity index (χ1v) is 10.6. The van der Waals surface area contributed by atoms with Crippen LogP contribution in [0.2, 0.25) is 0 Å². The van der Waals surface area contributed by atoms with Gasteiger partial charge in [0.25, 0.3) is 0 Å². The Morgan fingerprint density at radius 2 is 1.52 bits per heavy atom. The monoisotopic (exact) mass is 416 g/mol. The lowest BCUT2D eigenvalue weighted by Crippen LogP contribution is -2.10. The van der Waals surface area contributed by atoms with Crippen molar-refractivity contribution in [2.75, 3.05) is 6.61 Å². The van der Waals surface area contributed by atoms with E-state index in [1.54, 1.807) is 12.1 Å². The highest BCUT2D eigenvalue weighted by atomic mass is 16.5. The molecule has 0 aliphatic heterocycles. The van der Waals surface area contributed by atoms with Crippen molar-refractivity contribution in [2.45, 2.75) is 33.3 Å². The van der Waals surface area contributed by atoms with Crippen LogP contribution in [0.25, 0.3) is 0 Å². The van der Waals surface area contributed by atoms with E-state index in [2.05, 4.69) is 0 Å². The highest BCUT2D eigenvalue weighted by Crippen LogP contribution is 2.24. The van der Waals surface area contributed by atoms with Gasteiger partial charge in [-0.2, -0.15) is 0 Å². The molecular formula is C27H28O4. The number of ether oxygens (including phenoxy) is 2. The van der Waals surface area contributed by atoms with Gasteiger partial charge in [-0.1, -0.05) is 62.4 Å². The maximum Gasteiger partial charge on any atom is 0.338 e. The van der Waals surface area contributed by atoms with Crippen molar-refractivity contribution < 1.29 is 19.1 Å². The average molecular weight is 417 g/mol. The second kappa shape index (κ2) is 11.1. The molecule has 0 N–H and O–H groups in total. The van der Waals surface area contributed by atoms with Gasteiger partial charge in [0.05, 0.1) is 12.2 Å². The zero-order chi connectivity index (χ0) is 22.1. The number of aryl methyl sites for hydroxylation is 1. The van der Waals surface area contributed by atoms with Crippen LogP contribution >= 0.6 is 0 Å². The van der Waals surface area contributed by atoms with Gasteiger partial charge < -0.3 is 9.47 Å². The van der Waals surface area contributed by atoms with E-state index in [4.69, 9.17) is 9.47 Å². The van der Waals surface area contributed by atoms with Crippen molar-refractivity contribution in [3.63, 3.8) is 0 Å². The predicted octanol–water partition coefficient (Wildman–Crippen LogP) is 5.89. The van der Waals surface area contributed by atoms with Crippen LogP contribution in [-0.2, 0) is 17.8 Å². The Morgan fingerprint density at radius 1 is 0.839 bits per heavy atom. The van der Waals surface area contributed by atoms with Crippen LogP contribution in [0.3, 0.4) is 0 Å². The quantitative estimate of drug-likeness (QED) is 0.235. The van der Waals surface area contributed by atoms with E-state index < -0.39 is 0 Å². The summed E-state index contributed by atoms with van der Waals surface area (Å²) in [6, 6.07) is 24.5. The summed E-state index contributed by atoms with van der Waals surface area (Å²) in [5.41, 5.74) is 3.24. The minimum Gasteiger partial charge on any atom is -0.489 e. The van der Waals surface area contributed by atoms with Gasteiger partial charge in [0.15, 0.2) is 5.78 Å². The first kappa shape index (κ1) is 22.3. The Balaban J connectivity index is 1.65. The van der Waals surface area contributed by atoms with E-state index in [0.29, 0.717) is 37.2 Å². The number of carbonyl (C=O) groups excluding carboxylic acids is 2. The Morgan fingerprint density at radius 3 is 2.19 bits per heavy atom. The fraction of sp³-hybridized carbons (Fsp3) is 0.259. The van der Waals surface area contributed by atoms with Gasteiger partial charge in [0, 0.05) is 11.5 Å². The number of carbonyl (C=O) groups is 2. The highest BCUT2D eigenvalue weighted by Gasteiger charge is 2.14. The van der Waals surface area contributed by atoms with Crippen molar-refractivity contribution in [1.82, 2.24) is 0 Å². The third-order valence-electron chi connectivity index (χ3n) is 4.94. The summed E-state index contributed by atoms with van der Waals surface area (Å²) in [6.07, 6.45) is 1.28. The molecule has 3 rings (SSSR count). The molecule has 0 aliphatic carbocycles. The van der Waals surface area contributed by atoms with E-state index in [-0.39, 0.29) is 17.7 Å². The Labute approximate surface area is 183 Å². The first-order chi connectivity index (χ1) is 15.0. The van der Waals surface area contributed by atoms with Crippen molar-refractivity contribution in [2.24, 2.45) is 5.92 Å². The van der Waals surface area contributed by atoms with Gasteiger partial charge in [-0.15, -0.1) is 0 Å². The largest absolute Gasteiger partial charge is 0.489 e. The molecule has 0 saturated heterocycles. The third kappa shape index (κ3) is 6.54. The maximum absolute atomic E-state index is 12.5. The molecule has 160 valence electrons. The zero-order valence-corrected chi connectivity index (χ0v) is 18.0. The maximum atomic E-state index is 12.5. The molecule has 4 heteroatoms. The van der Waals surface area contributed by atoms with Gasteiger partial charge in [0.2, 0.25) is 0 Å². The van der Waals surface area contributed by atoms with Gasteiger partial charge in [-0.05, 0) is 54.3 Å². The number of hydrogen-bond donors (Lipinski definition) is 0. The molecule has 0 atom stereocenters. The number of ketones is 1. The van der Waals surface area contributed by atoms with Gasteiger partial charge >= 0.3 is 5.97 Å². The van der Waals surface area contributed by atoms with Crippen LogP contribution in [-0.4, -0.2) is 18.4 Å². The molecule has 0 spiro atoms. The van der Waals surface area contributed by atoms with Crippen molar-refractivity contribution in [3.05, 3.63) is 101 Å². The van der Waals surface area contributed by atoms with E-state index >= 15 is 0 Å². The standard InChI is InChI=1S/C27H28O4/c1-20(2)26(28)24-15-16-25(31-19-21-10-5-3-6-11-21)23(18-24)14-9-17-30-27(29)22-12-7-4-8-13-22/h3-8,10-13,15-16,18,20H,9,14,17,19H2,1-2H3. The van der Waals surface area contributed by atoms with Crippen molar-refractivity contribution in [3.8, 4) is 5.75 Å². The molecule has 0 unspecified atom stereocenters. The summed E-state index contributed by atoms with van der Waals surface area (Å²) >= 11 is 0. The van der Waals surface area contributed by atoms with Crippen LogP contribution in [0.4, 0.5) is 0 Å². The van der Waals surface area contributed by atoms with Crippen LogP contribution in [0.5, 0.6) is 5.75 Å². The molecule has 0 amide bonds. The molecule has 0 saturated carbocycles. The average Bonchev–Trinajstić information content (AvgIpc) is 2.81. The van der Waals surface area contributed by atoms with E-state index in [9.17, 15) is 9.59 Å². The molecule has 3 aromatic rings. The number of rotatable bonds is 10.